The molecular formula is C69H134O17P2. The van der Waals surface area contributed by atoms with Gasteiger partial charge in [-0.05, 0) is 37.5 Å². The van der Waals surface area contributed by atoms with E-state index in [1.807, 2.05) is 0 Å². The minimum atomic E-state index is -4.95. The van der Waals surface area contributed by atoms with Crippen LogP contribution in [0.5, 0.6) is 0 Å². The van der Waals surface area contributed by atoms with Gasteiger partial charge in [0.2, 0.25) is 0 Å². The van der Waals surface area contributed by atoms with Gasteiger partial charge in [-0.25, -0.2) is 9.13 Å². The molecule has 0 aromatic rings. The van der Waals surface area contributed by atoms with Crippen molar-refractivity contribution in [1.82, 2.24) is 0 Å². The molecule has 0 saturated carbocycles. The van der Waals surface area contributed by atoms with Crippen molar-refractivity contribution < 1.29 is 80.2 Å². The van der Waals surface area contributed by atoms with Crippen molar-refractivity contribution in [1.29, 1.82) is 0 Å². The summed E-state index contributed by atoms with van der Waals surface area (Å²) in [5, 5.41) is 10.6. The summed E-state index contributed by atoms with van der Waals surface area (Å²) in [6, 6.07) is 0. The van der Waals surface area contributed by atoms with Crippen LogP contribution in [0.25, 0.3) is 0 Å². The Labute approximate surface area is 537 Å². The summed E-state index contributed by atoms with van der Waals surface area (Å²) >= 11 is 0. The lowest BCUT2D eigenvalue weighted by Crippen LogP contribution is -2.30. The summed E-state index contributed by atoms with van der Waals surface area (Å²) in [4.78, 5) is 72.4. The average Bonchev–Trinajstić information content (AvgIpc) is 3.61. The van der Waals surface area contributed by atoms with Crippen LogP contribution in [0, 0.1) is 11.8 Å². The Hall–Kier alpha value is -1.94. The molecule has 0 aromatic carbocycles. The van der Waals surface area contributed by atoms with Crippen molar-refractivity contribution in [3.8, 4) is 0 Å². The van der Waals surface area contributed by atoms with Crippen molar-refractivity contribution in [2.24, 2.45) is 11.8 Å². The molecule has 17 nitrogen and oxygen atoms in total. The number of hydrogen-bond acceptors (Lipinski definition) is 15. The maximum atomic E-state index is 13.0. The molecule has 0 heterocycles. The maximum absolute atomic E-state index is 13.0. The highest BCUT2D eigenvalue weighted by Gasteiger charge is 2.30. The van der Waals surface area contributed by atoms with E-state index in [2.05, 4.69) is 41.5 Å². The molecule has 0 aromatic heterocycles. The summed E-state index contributed by atoms with van der Waals surface area (Å²) in [5.74, 6) is -0.719. The summed E-state index contributed by atoms with van der Waals surface area (Å²) in [6.07, 6.45) is 46.1. The Morgan fingerprint density at radius 1 is 0.330 bits per heavy atom. The van der Waals surface area contributed by atoms with Crippen molar-refractivity contribution in [3.63, 3.8) is 0 Å². The average molecular weight is 1300 g/mol. The summed E-state index contributed by atoms with van der Waals surface area (Å²) in [5.41, 5.74) is 0. The SMILES string of the molecule is CCCCCCCCCCCCCCCCCCCCCC(=O)O[C@H](COC(=O)CCCCCCCCC(C)CC)COP(=O)(O)OC[C@@H](O)COP(=O)(O)OC[C@@H](COC(=O)CCCCCCCCC(C)C)OC(=O)CCCCCCCCCCCC. The van der Waals surface area contributed by atoms with Crippen LogP contribution < -0.4 is 0 Å². The first kappa shape index (κ1) is 86.1. The van der Waals surface area contributed by atoms with Gasteiger partial charge in [0.25, 0.3) is 0 Å². The van der Waals surface area contributed by atoms with Crippen molar-refractivity contribution in [2.45, 2.75) is 368 Å². The molecule has 0 fully saturated rings. The van der Waals surface area contributed by atoms with Crippen LogP contribution in [0.2, 0.25) is 0 Å². The van der Waals surface area contributed by atoms with Gasteiger partial charge in [0, 0.05) is 25.7 Å². The molecule has 0 rings (SSSR count). The van der Waals surface area contributed by atoms with Crippen LogP contribution in [0.15, 0.2) is 0 Å². The number of unbranched alkanes of at least 4 members (excludes halogenated alkanes) is 37. The number of hydrogen-bond donors (Lipinski definition) is 3. The Morgan fingerprint density at radius 2 is 0.580 bits per heavy atom. The molecule has 0 amide bonds. The number of aliphatic hydroxyl groups is 1. The molecule has 0 aliphatic rings. The number of aliphatic hydroxyl groups excluding tert-OH is 1. The molecule has 0 aliphatic carbocycles. The van der Waals surface area contributed by atoms with Crippen LogP contribution in [0.4, 0.5) is 0 Å². The molecule has 0 bridgehead atoms. The second kappa shape index (κ2) is 61.3. The molecule has 6 atom stereocenters. The fourth-order valence-electron chi connectivity index (χ4n) is 10.4. The lowest BCUT2D eigenvalue weighted by Gasteiger charge is -2.21. The maximum Gasteiger partial charge on any atom is 0.472 e. The molecule has 0 saturated heterocycles. The normalized spacial score (nSPS) is 14.5. The van der Waals surface area contributed by atoms with Gasteiger partial charge >= 0.3 is 39.5 Å². The molecular weight excluding hydrogens is 1160 g/mol. The highest BCUT2D eigenvalue weighted by molar-refractivity contribution is 7.47. The van der Waals surface area contributed by atoms with E-state index in [9.17, 15) is 43.2 Å². The Bertz CT molecular complexity index is 1720. The van der Waals surface area contributed by atoms with Gasteiger partial charge in [-0.15, -0.1) is 0 Å². The molecule has 3 N–H and O–H groups in total. The van der Waals surface area contributed by atoms with E-state index in [1.165, 1.54) is 154 Å². The highest BCUT2D eigenvalue weighted by atomic mass is 31.2. The zero-order chi connectivity index (χ0) is 65.0. The third-order valence-electron chi connectivity index (χ3n) is 16.3. The van der Waals surface area contributed by atoms with Crippen LogP contribution in [0.1, 0.15) is 350 Å². The van der Waals surface area contributed by atoms with Gasteiger partial charge in [0.1, 0.15) is 19.3 Å². The summed E-state index contributed by atoms with van der Waals surface area (Å²) in [6.45, 7) is 9.40. The minimum Gasteiger partial charge on any atom is -0.462 e. The second-order valence-corrected chi connectivity index (χ2v) is 28.5. The van der Waals surface area contributed by atoms with Gasteiger partial charge in [-0.1, -0.05) is 298 Å². The molecule has 0 aliphatic heterocycles. The molecule has 0 spiro atoms. The number of esters is 4. The predicted molar refractivity (Wildman–Crippen MR) is 354 cm³/mol. The van der Waals surface area contributed by atoms with Crippen LogP contribution >= 0.6 is 15.6 Å². The van der Waals surface area contributed by atoms with E-state index in [-0.39, 0.29) is 25.7 Å². The van der Waals surface area contributed by atoms with Gasteiger partial charge in [-0.2, -0.15) is 0 Å². The number of carbonyl (C=O) groups excluding carboxylic acids is 4. The Balaban J connectivity index is 5.18. The largest absolute Gasteiger partial charge is 0.472 e. The lowest BCUT2D eigenvalue weighted by molar-refractivity contribution is -0.161. The predicted octanol–water partition coefficient (Wildman–Crippen LogP) is 19.6. The zero-order valence-electron chi connectivity index (χ0n) is 57.0. The molecule has 0 radical (unpaired) electrons. The van der Waals surface area contributed by atoms with Crippen molar-refractivity contribution in [3.05, 3.63) is 0 Å². The number of ether oxygens (including phenoxy) is 4. The van der Waals surface area contributed by atoms with Crippen molar-refractivity contribution in [2.75, 3.05) is 39.6 Å². The van der Waals surface area contributed by atoms with Gasteiger partial charge in [0.15, 0.2) is 12.2 Å². The monoisotopic (exact) mass is 1300 g/mol. The van der Waals surface area contributed by atoms with Gasteiger partial charge in [-0.3, -0.25) is 37.3 Å². The number of rotatable bonds is 68. The fraction of sp³-hybridized carbons (Fsp3) is 0.942. The smallest absolute Gasteiger partial charge is 0.462 e. The minimum absolute atomic E-state index is 0.105. The van der Waals surface area contributed by atoms with E-state index >= 15 is 0 Å². The number of phosphoric ester groups is 2. The first-order chi connectivity index (χ1) is 42.4. The van der Waals surface area contributed by atoms with Gasteiger partial charge in [0.05, 0.1) is 26.4 Å². The van der Waals surface area contributed by atoms with Crippen LogP contribution in [-0.2, 0) is 65.4 Å². The molecule has 522 valence electrons. The Kier molecular flexibility index (Phi) is 59.9. The standard InChI is InChI=1S/C69H134O17P2/c1-7-10-12-14-16-18-20-21-22-23-24-25-26-27-28-30-32-42-48-54-69(74)86-65(58-80-67(72)52-46-40-36-34-38-44-50-62(6)9-3)60-84-88(77,78)82-56-63(70)55-81-87(75,76)83-59-64(57-79-66(71)51-45-39-35-33-37-43-49-61(4)5)85-68(73)53-47-41-31-29-19-17-15-13-11-8-2/h61-65,70H,7-60H2,1-6H3,(H,75,76)(H,77,78)/t62?,63-,64+,65+/m0/s1. The summed E-state index contributed by atoms with van der Waals surface area (Å²) < 4.78 is 68.1. The molecule has 3 unspecified atom stereocenters. The van der Waals surface area contributed by atoms with E-state index < -0.39 is 97.5 Å². The van der Waals surface area contributed by atoms with Crippen LogP contribution in [0.3, 0.4) is 0 Å². The van der Waals surface area contributed by atoms with Crippen LogP contribution in [-0.4, -0.2) is 96.7 Å². The topological polar surface area (TPSA) is 237 Å². The number of phosphoric acid groups is 2. The zero-order valence-corrected chi connectivity index (χ0v) is 58.8. The van der Waals surface area contributed by atoms with E-state index in [1.54, 1.807) is 0 Å². The lowest BCUT2D eigenvalue weighted by atomic mass is 10.00. The van der Waals surface area contributed by atoms with E-state index in [0.717, 1.165) is 109 Å². The first-order valence-electron chi connectivity index (χ1n) is 36.0. The molecule has 88 heavy (non-hydrogen) atoms. The Morgan fingerprint density at radius 3 is 0.864 bits per heavy atom. The van der Waals surface area contributed by atoms with E-state index in [4.69, 9.17) is 37.0 Å². The summed E-state index contributed by atoms with van der Waals surface area (Å²) in [7, 11) is -9.89. The number of carbonyl (C=O) groups is 4. The van der Waals surface area contributed by atoms with Gasteiger partial charge < -0.3 is 33.8 Å². The second-order valence-electron chi connectivity index (χ2n) is 25.6. The fourth-order valence-corrected chi connectivity index (χ4v) is 12.0. The molecule has 19 heteroatoms. The quantitative estimate of drug-likeness (QED) is 0.0222. The third kappa shape index (κ3) is 61.6. The highest BCUT2D eigenvalue weighted by Crippen LogP contribution is 2.45. The van der Waals surface area contributed by atoms with E-state index in [0.29, 0.717) is 31.6 Å². The third-order valence-corrected chi connectivity index (χ3v) is 18.2. The first-order valence-corrected chi connectivity index (χ1v) is 39.0. The van der Waals surface area contributed by atoms with Crippen molar-refractivity contribution >= 4 is 39.5 Å².